The van der Waals surface area contributed by atoms with Crippen molar-refractivity contribution in [1.82, 2.24) is 0 Å². The van der Waals surface area contributed by atoms with Gasteiger partial charge >= 0.3 is 7.60 Å². The predicted molar refractivity (Wildman–Crippen MR) is 98.9 cm³/mol. The molecule has 0 amide bonds. The number of rotatable bonds is 13. The van der Waals surface area contributed by atoms with Gasteiger partial charge in [-0.3, -0.25) is 4.57 Å². The van der Waals surface area contributed by atoms with Gasteiger partial charge in [-0.2, -0.15) is 0 Å². The number of hydrogen-bond acceptors (Lipinski definition) is 3. The zero-order chi connectivity index (χ0) is 16.8. The fourth-order valence-corrected chi connectivity index (χ4v) is 3.77. The molecule has 1 rings (SSSR count). The Balaban J connectivity index is 2.36. The van der Waals surface area contributed by atoms with Crippen LogP contribution < -0.4 is 0 Å². The molecule has 0 radical (unpaired) electrons. The smallest absolute Gasteiger partial charge is 0.309 e. The Morgan fingerprint density at radius 1 is 0.957 bits per heavy atom. The summed E-state index contributed by atoms with van der Waals surface area (Å²) in [4.78, 5) is 0. The highest BCUT2D eigenvalue weighted by Crippen LogP contribution is 2.49. The Labute approximate surface area is 141 Å². The molecule has 0 saturated heterocycles. The van der Waals surface area contributed by atoms with E-state index in [0.717, 1.165) is 38.5 Å². The first-order chi connectivity index (χ1) is 11.2. The van der Waals surface area contributed by atoms with Gasteiger partial charge in [0.25, 0.3) is 0 Å². The summed E-state index contributed by atoms with van der Waals surface area (Å²) < 4.78 is 23.9. The van der Waals surface area contributed by atoms with Crippen molar-refractivity contribution in [2.45, 2.75) is 52.4 Å². The molecule has 0 fully saturated rings. The van der Waals surface area contributed by atoms with Gasteiger partial charge in [-0.25, -0.2) is 0 Å². The van der Waals surface area contributed by atoms with E-state index in [0.29, 0.717) is 19.4 Å². The van der Waals surface area contributed by atoms with Crippen molar-refractivity contribution in [2.24, 2.45) is 0 Å². The molecule has 0 N–H and O–H groups in total. The first-order valence-electron chi connectivity index (χ1n) is 8.80. The topological polar surface area (TPSA) is 35.5 Å². The van der Waals surface area contributed by atoms with Crippen LogP contribution in [0.2, 0.25) is 0 Å². The summed E-state index contributed by atoms with van der Waals surface area (Å²) in [5, 5.41) is 0. The lowest BCUT2D eigenvalue weighted by Crippen LogP contribution is -2.03. The van der Waals surface area contributed by atoms with Gasteiger partial charge in [0.05, 0.1) is 19.4 Å². The average molecular weight is 338 g/mol. The van der Waals surface area contributed by atoms with E-state index < -0.39 is 7.60 Å². The molecule has 0 unspecified atom stereocenters. The molecule has 0 aliphatic carbocycles. The van der Waals surface area contributed by atoms with Crippen LogP contribution in [0.15, 0.2) is 36.4 Å². The monoisotopic (exact) mass is 338 g/mol. The van der Waals surface area contributed by atoms with Crippen molar-refractivity contribution in [1.29, 1.82) is 0 Å². The normalized spacial score (nSPS) is 12.1. The molecule has 1 aromatic carbocycles. The second-order valence-corrected chi connectivity index (χ2v) is 7.85. The van der Waals surface area contributed by atoms with E-state index in [4.69, 9.17) is 9.05 Å². The van der Waals surface area contributed by atoms with Crippen LogP contribution in [0.1, 0.15) is 57.9 Å². The van der Waals surface area contributed by atoms with Gasteiger partial charge in [-0.05, 0) is 31.2 Å². The van der Waals surface area contributed by atoms with Gasteiger partial charge < -0.3 is 9.05 Å². The SMILES string of the molecule is CCCCOP(=O)(CCCC=Cc1ccccc1)OCCCC. The van der Waals surface area contributed by atoms with Crippen molar-refractivity contribution in [3.63, 3.8) is 0 Å². The fourth-order valence-electron chi connectivity index (χ4n) is 2.05. The van der Waals surface area contributed by atoms with Crippen molar-refractivity contribution >= 4 is 13.7 Å². The minimum atomic E-state index is -2.92. The Bertz CT molecular complexity index is 457. The highest BCUT2D eigenvalue weighted by atomic mass is 31.2. The van der Waals surface area contributed by atoms with Crippen LogP contribution in [-0.2, 0) is 13.6 Å². The van der Waals surface area contributed by atoms with Crippen LogP contribution in [0.4, 0.5) is 0 Å². The minimum Gasteiger partial charge on any atom is -0.309 e. The van der Waals surface area contributed by atoms with Gasteiger partial charge in [0.1, 0.15) is 0 Å². The molecule has 4 heteroatoms. The van der Waals surface area contributed by atoms with Gasteiger partial charge in [0.15, 0.2) is 0 Å². The summed E-state index contributed by atoms with van der Waals surface area (Å²) in [6.45, 7) is 5.25. The van der Waals surface area contributed by atoms with Crippen LogP contribution in [0.5, 0.6) is 0 Å². The summed E-state index contributed by atoms with van der Waals surface area (Å²) in [5.74, 6) is 0. The van der Waals surface area contributed by atoms with Gasteiger partial charge in [-0.1, -0.05) is 69.2 Å². The summed E-state index contributed by atoms with van der Waals surface area (Å²) in [7, 11) is -2.92. The van der Waals surface area contributed by atoms with E-state index in [9.17, 15) is 4.57 Å². The zero-order valence-corrected chi connectivity index (χ0v) is 15.5. The maximum absolute atomic E-state index is 12.7. The van der Waals surface area contributed by atoms with Gasteiger partial charge in [0.2, 0.25) is 0 Å². The summed E-state index contributed by atoms with van der Waals surface area (Å²) in [6.07, 6.45) is 10.3. The summed E-state index contributed by atoms with van der Waals surface area (Å²) in [6, 6.07) is 10.2. The number of unbranched alkanes of at least 4 members (excludes halogenated alkanes) is 3. The molecular weight excluding hydrogens is 307 g/mol. The van der Waals surface area contributed by atoms with Crippen LogP contribution in [-0.4, -0.2) is 19.4 Å². The molecule has 0 bridgehead atoms. The maximum Gasteiger partial charge on any atom is 0.330 e. The molecule has 23 heavy (non-hydrogen) atoms. The van der Waals surface area contributed by atoms with E-state index in [1.165, 1.54) is 5.56 Å². The van der Waals surface area contributed by atoms with Crippen molar-refractivity contribution in [3.8, 4) is 0 Å². The second kappa shape index (κ2) is 12.5. The molecular formula is C19H31O3P. The van der Waals surface area contributed by atoms with E-state index in [-0.39, 0.29) is 0 Å². The molecule has 1 aromatic rings. The average Bonchev–Trinajstić information content (AvgIpc) is 2.56. The third-order valence-corrected chi connectivity index (χ3v) is 5.50. The van der Waals surface area contributed by atoms with Crippen LogP contribution in [0.25, 0.3) is 6.08 Å². The van der Waals surface area contributed by atoms with Crippen LogP contribution >= 0.6 is 7.60 Å². The first-order valence-corrected chi connectivity index (χ1v) is 10.5. The quantitative estimate of drug-likeness (QED) is 0.312. The number of allylic oxidation sites excluding steroid dienone is 1. The minimum absolute atomic E-state index is 0.500. The summed E-state index contributed by atoms with van der Waals surface area (Å²) in [5.41, 5.74) is 1.19. The maximum atomic E-state index is 12.7. The standard InChI is InChI=1S/C19H31O3P/c1-3-5-16-21-23(20,22-17-6-4-2)18-12-8-11-15-19-13-9-7-10-14-19/h7,9-11,13-15H,3-6,8,12,16-18H2,1-2H3. The third-order valence-electron chi connectivity index (χ3n) is 3.48. The Hall–Kier alpha value is -0.890. The Morgan fingerprint density at radius 3 is 2.13 bits per heavy atom. The van der Waals surface area contributed by atoms with Crippen molar-refractivity contribution in [2.75, 3.05) is 19.4 Å². The molecule has 3 nitrogen and oxygen atoms in total. The Kier molecular flexibility index (Phi) is 11.0. The van der Waals surface area contributed by atoms with E-state index in [2.05, 4.69) is 38.1 Å². The zero-order valence-electron chi connectivity index (χ0n) is 14.6. The lowest BCUT2D eigenvalue weighted by atomic mass is 10.2. The number of hydrogen-bond donors (Lipinski definition) is 0. The molecule has 0 aromatic heterocycles. The Morgan fingerprint density at radius 2 is 1.57 bits per heavy atom. The molecule has 0 aliphatic rings. The van der Waals surface area contributed by atoms with E-state index in [1.54, 1.807) is 0 Å². The number of benzene rings is 1. The molecule has 0 atom stereocenters. The largest absolute Gasteiger partial charge is 0.330 e. The second-order valence-electron chi connectivity index (χ2n) is 5.66. The lowest BCUT2D eigenvalue weighted by molar-refractivity contribution is 0.199. The lowest BCUT2D eigenvalue weighted by Gasteiger charge is -2.18. The van der Waals surface area contributed by atoms with Gasteiger partial charge in [-0.15, -0.1) is 0 Å². The van der Waals surface area contributed by atoms with Crippen molar-refractivity contribution < 1.29 is 13.6 Å². The van der Waals surface area contributed by atoms with Crippen molar-refractivity contribution in [3.05, 3.63) is 42.0 Å². The van der Waals surface area contributed by atoms with Crippen LogP contribution in [0.3, 0.4) is 0 Å². The molecule has 0 aliphatic heterocycles. The highest BCUT2D eigenvalue weighted by molar-refractivity contribution is 7.53. The molecule has 0 heterocycles. The predicted octanol–water partition coefficient (Wildman–Crippen LogP) is 6.31. The van der Waals surface area contributed by atoms with Gasteiger partial charge in [0, 0.05) is 0 Å². The molecule has 0 spiro atoms. The highest BCUT2D eigenvalue weighted by Gasteiger charge is 2.23. The third kappa shape index (κ3) is 9.76. The van der Waals surface area contributed by atoms with Crippen LogP contribution in [0, 0.1) is 0 Å². The fraction of sp³-hybridized carbons (Fsp3) is 0.579. The molecule has 0 saturated carbocycles. The van der Waals surface area contributed by atoms with E-state index >= 15 is 0 Å². The first kappa shape index (κ1) is 20.2. The summed E-state index contributed by atoms with van der Waals surface area (Å²) >= 11 is 0. The van der Waals surface area contributed by atoms with E-state index in [1.807, 2.05) is 18.2 Å². The molecule has 130 valence electrons.